The minimum absolute atomic E-state index is 0.0302. The van der Waals surface area contributed by atoms with Gasteiger partial charge in [0, 0.05) is 5.92 Å². The first-order chi connectivity index (χ1) is 8.77. The molecular formula is C15H18O3. The Morgan fingerprint density at radius 1 is 1.28 bits per heavy atom. The monoisotopic (exact) mass is 246 g/mol. The van der Waals surface area contributed by atoms with E-state index < -0.39 is 0 Å². The van der Waals surface area contributed by atoms with Crippen LogP contribution in [0.1, 0.15) is 31.2 Å². The molecule has 3 nitrogen and oxygen atoms in total. The molecule has 0 amide bonds. The minimum Gasteiger partial charge on any atom is -0.497 e. The average Bonchev–Trinajstić information content (AvgIpc) is 2.78. The van der Waals surface area contributed by atoms with Crippen LogP contribution < -0.4 is 4.74 Å². The predicted octanol–water partition coefficient (Wildman–Crippen LogP) is 2.68. The van der Waals surface area contributed by atoms with Crippen LogP contribution in [0.25, 0.3) is 0 Å². The van der Waals surface area contributed by atoms with Gasteiger partial charge in [0.2, 0.25) is 0 Å². The fourth-order valence-corrected chi connectivity index (χ4v) is 3.43. The molecule has 3 rings (SSSR count). The summed E-state index contributed by atoms with van der Waals surface area (Å²) < 4.78 is 10.5. The van der Waals surface area contributed by atoms with E-state index in [0.717, 1.165) is 30.6 Å². The molecule has 1 aliphatic heterocycles. The molecule has 2 atom stereocenters. The van der Waals surface area contributed by atoms with Gasteiger partial charge in [-0.1, -0.05) is 25.0 Å². The van der Waals surface area contributed by atoms with E-state index in [0.29, 0.717) is 12.5 Å². The first-order valence-corrected chi connectivity index (χ1v) is 6.59. The van der Waals surface area contributed by atoms with Gasteiger partial charge in [-0.15, -0.1) is 0 Å². The topological polar surface area (TPSA) is 35.5 Å². The Balaban J connectivity index is 2.02. The first kappa shape index (κ1) is 11.6. The predicted molar refractivity (Wildman–Crippen MR) is 67.6 cm³/mol. The van der Waals surface area contributed by atoms with E-state index in [1.807, 2.05) is 24.3 Å². The zero-order chi connectivity index (χ0) is 12.6. The Bertz CT molecular complexity index is 451. The molecule has 3 heteroatoms. The molecule has 0 N–H and O–H groups in total. The highest BCUT2D eigenvalue weighted by Gasteiger charge is 2.54. The molecule has 96 valence electrons. The van der Waals surface area contributed by atoms with E-state index in [-0.39, 0.29) is 11.4 Å². The standard InChI is InChI=1S/C15H18O3/c1-17-13-7-5-11(6-8-13)15-9-3-2-4-12(15)10-18-14(15)16/h5-8,12H,2-4,9-10H2,1H3/t12-,15+/m0/s1. The Kier molecular flexibility index (Phi) is 2.77. The summed E-state index contributed by atoms with van der Waals surface area (Å²) in [4.78, 5) is 12.2. The summed E-state index contributed by atoms with van der Waals surface area (Å²) >= 11 is 0. The summed E-state index contributed by atoms with van der Waals surface area (Å²) in [5.41, 5.74) is 0.709. The van der Waals surface area contributed by atoms with Gasteiger partial charge in [0.1, 0.15) is 5.75 Å². The summed E-state index contributed by atoms with van der Waals surface area (Å²) in [6.07, 6.45) is 4.33. The van der Waals surface area contributed by atoms with E-state index >= 15 is 0 Å². The molecule has 0 spiro atoms. The zero-order valence-corrected chi connectivity index (χ0v) is 10.6. The van der Waals surface area contributed by atoms with Gasteiger partial charge in [0.05, 0.1) is 19.1 Å². The van der Waals surface area contributed by atoms with Gasteiger partial charge in [-0.05, 0) is 30.5 Å². The van der Waals surface area contributed by atoms with Crippen LogP contribution in [0, 0.1) is 5.92 Å². The molecule has 1 aromatic carbocycles. The van der Waals surface area contributed by atoms with Crippen LogP contribution in [-0.4, -0.2) is 19.7 Å². The van der Waals surface area contributed by atoms with Crippen molar-refractivity contribution in [1.29, 1.82) is 0 Å². The zero-order valence-electron chi connectivity index (χ0n) is 10.6. The lowest BCUT2D eigenvalue weighted by molar-refractivity contribution is -0.143. The van der Waals surface area contributed by atoms with Crippen molar-refractivity contribution >= 4 is 5.97 Å². The fourth-order valence-electron chi connectivity index (χ4n) is 3.43. The van der Waals surface area contributed by atoms with Crippen LogP contribution >= 0.6 is 0 Å². The second-order valence-corrected chi connectivity index (χ2v) is 5.24. The number of fused-ring (bicyclic) bond motifs is 1. The van der Waals surface area contributed by atoms with Crippen molar-refractivity contribution in [2.45, 2.75) is 31.1 Å². The molecule has 0 bridgehead atoms. The summed E-state index contributed by atoms with van der Waals surface area (Å²) in [7, 11) is 1.65. The lowest BCUT2D eigenvalue weighted by atomic mass is 9.64. The Morgan fingerprint density at radius 2 is 2.06 bits per heavy atom. The number of methoxy groups -OCH3 is 1. The van der Waals surface area contributed by atoms with Gasteiger partial charge >= 0.3 is 5.97 Å². The van der Waals surface area contributed by atoms with E-state index in [4.69, 9.17) is 9.47 Å². The van der Waals surface area contributed by atoms with E-state index in [2.05, 4.69) is 0 Å². The molecule has 1 aromatic rings. The second-order valence-electron chi connectivity index (χ2n) is 5.24. The fraction of sp³-hybridized carbons (Fsp3) is 0.533. The highest BCUT2D eigenvalue weighted by Crippen LogP contribution is 2.48. The van der Waals surface area contributed by atoms with Gasteiger partial charge in [-0.25, -0.2) is 0 Å². The molecule has 1 aliphatic carbocycles. The van der Waals surface area contributed by atoms with Gasteiger partial charge in [0.15, 0.2) is 0 Å². The number of hydrogen-bond donors (Lipinski definition) is 0. The Morgan fingerprint density at radius 3 is 2.78 bits per heavy atom. The Hall–Kier alpha value is -1.51. The number of carbonyl (C=O) groups is 1. The summed E-state index contributed by atoms with van der Waals surface area (Å²) in [5, 5.41) is 0. The maximum absolute atomic E-state index is 12.2. The maximum atomic E-state index is 12.2. The number of ether oxygens (including phenoxy) is 2. The number of cyclic esters (lactones) is 1. The van der Waals surface area contributed by atoms with E-state index in [1.54, 1.807) is 7.11 Å². The van der Waals surface area contributed by atoms with Gasteiger partial charge in [-0.3, -0.25) is 4.79 Å². The molecular weight excluding hydrogens is 228 g/mol. The second kappa shape index (κ2) is 4.30. The van der Waals surface area contributed by atoms with Crippen LogP contribution in [0.15, 0.2) is 24.3 Å². The van der Waals surface area contributed by atoms with Crippen LogP contribution in [0.5, 0.6) is 5.75 Å². The molecule has 2 aliphatic rings. The number of carbonyl (C=O) groups excluding carboxylic acids is 1. The third-order valence-corrected chi connectivity index (χ3v) is 4.46. The number of benzene rings is 1. The van der Waals surface area contributed by atoms with Gasteiger partial charge in [0.25, 0.3) is 0 Å². The number of esters is 1. The minimum atomic E-state index is -0.384. The molecule has 18 heavy (non-hydrogen) atoms. The van der Waals surface area contributed by atoms with Crippen LogP contribution in [0.4, 0.5) is 0 Å². The summed E-state index contributed by atoms with van der Waals surface area (Å²) in [6, 6.07) is 7.90. The molecule has 2 fully saturated rings. The average molecular weight is 246 g/mol. The quantitative estimate of drug-likeness (QED) is 0.753. The SMILES string of the molecule is COc1ccc([C@]23CCCC[C@H]2COC3=O)cc1. The third-order valence-electron chi connectivity index (χ3n) is 4.46. The largest absolute Gasteiger partial charge is 0.497 e. The normalized spacial score (nSPS) is 30.7. The number of hydrogen-bond acceptors (Lipinski definition) is 3. The van der Waals surface area contributed by atoms with Crippen molar-refractivity contribution in [2.75, 3.05) is 13.7 Å². The molecule has 0 aromatic heterocycles. The lowest BCUT2D eigenvalue weighted by Crippen LogP contribution is -2.40. The summed E-state index contributed by atoms with van der Waals surface area (Å²) in [6.45, 7) is 0.588. The van der Waals surface area contributed by atoms with Crippen LogP contribution in [0.2, 0.25) is 0 Å². The third kappa shape index (κ3) is 1.53. The number of rotatable bonds is 2. The van der Waals surface area contributed by atoms with Crippen molar-refractivity contribution in [1.82, 2.24) is 0 Å². The molecule has 1 heterocycles. The molecule has 1 saturated carbocycles. The smallest absolute Gasteiger partial charge is 0.316 e. The summed E-state index contributed by atoms with van der Waals surface area (Å²) in [5.74, 6) is 1.15. The highest BCUT2D eigenvalue weighted by atomic mass is 16.5. The molecule has 1 saturated heterocycles. The highest BCUT2D eigenvalue weighted by molar-refractivity contribution is 5.85. The van der Waals surface area contributed by atoms with Crippen LogP contribution in [-0.2, 0) is 14.9 Å². The molecule has 0 unspecified atom stereocenters. The Labute approximate surface area is 107 Å². The lowest BCUT2D eigenvalue weighted by Gasteiger charge is -2.35. The van der Waals surface area contributed by atoms with Gasteiger partial charge < -0.3 is 9.47 Å². The first-order valence-electron chi connectivity index (χ1n) is 6.59. The van der Waals surface area contributed by atoms with Crippen molar-refractivity contribution in [3.8, 4) is 5.75 Å². The maximum Gasteiger partial charge on any atom is 0.316 e. The van der Waals surface area contributed by atoms with E-state index in [1.165, 1.54) is 6.42 Å². The van der Waals surface area contributed by atoms with Crippen molar-refractivity contribution in [2.24, 2.45) is 5.92 Å². The van der Waals surface area contributed by atoms with Crippen molar-refractivity contribution < 1.29 is 14.3 Å². The van der Waals surface area contributed by atoms with Crippen molar-refractivity contribution in [3.05, 3.63) is 29.8 Å². The van der Waals surface area contributed by atoms with Crippen molar-refractivity contribution in [3.63, 3.8) is 0 Å². The molecule has 0 radical (unpaired) electrons. The van der Waals surface area contributed by atoms with Crippen LogP contribution in [0.3, 0.4) is 0 Å². The van der Waals surface area contributed by atoms with Gasteiger partial charge in [-0.2, -0.15) is 0 Å². The van der Waals surface area contributed by atoms with E-state index in [9.17, 15) is 4.79 Å².